The predicted molar refractivity (Wildman–Crippen MR) is 64.0 cm³/mol. The van der Waals surface area contributed by atoms with Crippen molar-refractivity contribution < 1.29 is 4.39 Å². The van der Waals surface area contributed by atoms with Crippen molar-refractivity contribution in [2.24, 2.45) is 0 Å². The molecule has 0 saturated heterocycles. The fraction of sp³-hybridized carbons (Fsp3) is 0.231. The van der Waals surface area contributed by atoms with Gasteiger partial charge in [-0.3, -0.25) is 0 Å². The minimum absolute atomic E-state index is 0.206. The Labute approximate surface area is 99.7 Å². The van der Waals surface area contributed by atoms with Gasteiger partial charge in [-0.15, -0.1) is 0 Å². The van der Waals surface area contributed by atoms with Gasteiger partial charge in [0.2, 0.25) is 0 Å². The Morgan fingerprint density at radius 2 is 1.94 bits per heavy atom. The molecule has 1 aromatic heterocycles. The quantitative estimate of drug-likeness (QED) is 0.877. The molecule has 4 heteroatoms. The van der Waals surface area contributed by atoms with Gasteiger partial charge in [0.25, 0.3) is 0 Å². The van der Waals surface area contributed by atoms with Crippen LogP contribution in [-0.4, -0.2) is 16.5 Å². The average molecular weight is 231 g/mol. The van der Waals surface area contributed by atoms with Gasteiger partial charge in [-0.1, -0.05) is 25.1 Å². The van der Waals surface area contributed by atoms with Crippen LogP contribution >= 0.6 is 0 Å². The van der Waals surface area contributed by atoms with Crippen LogP contribution in [0.3, 0.4) is 0 Å². The molecule has 0 saturated carbocycles. The van der Waals surface area contributed by atoms with E-state index in [1.807, 2.05) is 13.0 Å². The van der Waals surface area contributed by atoms with E-state index in [0.29, 0.717) is 5.56 Å². The lowest BCUT2D eigenvalue weighted by atomic mass is 10.0. The van der Waals surface area contributed by atoms with E-state index in [0.717, 1.165) is 12.1 Å². The van der Waals surface area contributed by atoms with Gasteiger partial charge >= 0.3 is 0 Å². The number of nitrogens with zero attached hydrogens (tertiary/aromatic N) is 2. The van der Waals surface area contributed by atoms with Gasteiger partial charge in [0.05, 0.1) is 6.04 Å². The van der Waals surface area contributed by atoms with Gasteiger partial charge in [0.15, 0.2) is 0 Å². The molecular weight excluding hydrogens is 217 g/mol. The second-order valence-corrected chi connectivity index (χ2v) is 3.68. The van der Waals surface area contributed by atoms with Crippen LogP contribution in [0.15, 0.2) is 43.0 Å². The smallest absolute Gasteiger partial charge is 0.128 e. The van der Waals surface area contributed by atoms with E-state index in [9.17, 15) is 4.39 Å². The Bertz CT molecular complexity index is 473. The lowest BCUT2D eigenvalue weighted by Gasteiger charge is -2.18. The average Bonchev–Trinajstić information content (AvgIpc) is 2.38. The zero-order chi connectivity index (χ0) is 12.1. The summed E-state index contributed by atoms with van der Waals surface area (Å²) in [6, 6.07) is 6.54. The van der Waals surface area contributed by atoms with Gasteiger partial charge in [-0.2, -0.15) is 0 Å². The van der Waals surface area contributed by atoms with E-state index < -0.39 is 0 Å². The molecule has 0 spiro atoms. The molecular formula is C13H14FN3. The summed E-state index contributed by atoms with van der Waals surface area (Å²) in [6.45, 7) is 2.73. The van der Waals surface area contributed by atoms with Crippen LogP contribution < -0.4 is 5.32 Å². The van der Waals surface area contributed by atoms with E-state index >= 15 is 0 Å². The molecule has 1 unspecified atom stereocenters. The van der Waals surface area contributed by atoms with E-state index in [2.05, 4.69) is 15.3 Å². The second kappa shape index (κ2) is 5.50. The molecule has 0 aliphatic heterocycles. The molecule has 1 heterocycles. The van der Waals surface area contributed by atoms with Gasteiger partial charge in [0, 0.05) is 23.5 Å². The van der Waals surface area contributed by atoms with Gasteiger partial charge in [-0.05, 0) is 12.6 Å². The Morgan fingerprint density at radius 1 is 1.24 bits per heavy atom. The molecule has 2 aromatic rings. The summed E-state index contributed by atoms with van der Waals surface area (Å²) in [7, 11) is 0. The zero-order valence-corrected chi connectivity index (χ0v) is 9.60. The first-order valence-electron chi connectivity index (χ1n) is 5.55. The molecule has 0 radical (unpaired) electrons. The molecule has 1 atom stereocenters. The minimum Gasteiger partial charge on any atom is -0.306 e. The van der Waals surface area contributed by atoms with E-state index in [1.54, 1.807) is 24.5 Å². The van der Waals surface area contributed by atoms with Crippen LogP contribution in [-0.2, 0) is 0 Å². The molecule has 1 aromatic carbocycles. The maximum Gasteiger partial charge on any atom is 0.128 e. The first-order chi connectivity index (χ1) is 8.33. The van der Waals surface area contributed by atoms with Crippen molar-refractivity contribution in [2.45, 2.75) is 13.0 Å². The van der Waals surface area contributed by atoms with Crippen LogP contribution in [0.1, 0.15) is 24.1 Å². The maximum absolute atomic E-state index is 13.8. The van der Waals surface area contributed by atoms with Crippen molar-refractivity contribution in [2.75, 3.05) is 6.54 Å². The lowest BCUT2D eigenvalue weighted by Crippen LogP contribution is -2.23. The van der Waals surface area contributed by atoms with Crippen molar-refractivity contribution in [3.8, 4) is 0 Å². The summed E-state index contributed by atoms with van der Waals surface area (Å²) in [4.78, 5) is 7.94. The number of halogens is 1. The third kappa shape index (κ3) is 2.65. The van der Waals surface area contributed by atoms with Crippen molar-refractivity contribution in [1.82, 2.24) is 15.3 Å². The molecule has 3 nitrogen and oxygen atoms in total. The topological polar surface area (TPSA) is 37.8 Å². The standard InChI is InChI=1S/C13H14FN3/c1-2-17-13(10-7-15-9-16-8-10)11-5-3-4-6-12(11)14/h3-9,13,17H,2H2,1H3. The fourth-order valence-electron chi connectivity index (χ4n) is 1.78. The molecule has 0 bridgehead atoms. The van der Waals surface area contributed by atoms with Crippen LogP contribution in [0.4, 0.5) is 4.39 Å². The SMILES string of the molecule is CCNC(c1cncnc1)c1ccccc1F. The van der Waals surface area contributed by atoms with Gasteiger partial charge in [-0.25, -0.2) is 14.4 Å². The van der Waals surface area contributed by atoms with E-state index in [4.69, 9.17) is 0 Å². The molecule has 2 rings (SSSR count). The highest BCUT2D eigenvalue weighted by Crippen LogP contribution is 2.22. The number of aromatic nitrogens is 2. The summed E-state index contributed by atoms with van der Waals surface area (Å²) in [6.07, 6.45) is 4.87. The number of nitrogens with one attached hydrogen (secondary N) is 1. The number of hydrogen-bond acceptors (Lipinski definition) is 3. The van der Waals surface area contributed by atoms with E-state index in [1.165, 1.54) is 12.4 Å². The molecule has 0 amide bonds. The van der Waals surface area contributed by atoms with Crippen LogP contribution in [0.2, 0.25) is 0 Å². The fourth-order valence-corrected chi connectivity index (χ4v) is 1.78. The Hall–Kier alpha value is -1.81. The highest BCUT2D eigenvalue weighted by molar-refractivity contribution is 5.29. The summed E-state index contributed by atoms with van der Waals surface area (Å²) in [5.74, 6) is -0.220. The highest BCUT2D eigenvalue weighted by Gasteiger charge is 2.16. The maximum atomic E-state index is 13.8. The Balaban J connectivity index is 2.39. The summed E-state index contributed by atoms with van der Waals surface area (Å²) in [5.41, 5.74) is 1.48. The lowest BCUT2D eigenvalue weighted by molar-refractivity contribution is 0.557. The minimum atomic E-state index is -0.220. The summed E-state index contributed by atoms with van der Waals surface area (Å²) >= 11 is 0. The normalized spacial score (nSPS) is 12.4. The highest BCUT2D eigenvalue weighted by atomic mass is 19.1. The molecule has 0 aliphatic carbocycles. The first kappa shape index (κ1) is 11.7. The van der Waals surface area contributed by atoms with Crippen LogP contribution in [0, 0.1) is 5.82 Å². The zero-order valence-electron chi connectivity index (χ0n) is 9.60. The Morgan fingerprint density at radius 3 is 2.59 bits per heavy atom. The summed E-state index contributed by atoms with van der Waals surface area (Å²) in [5, 5.41) is 3.24. The molecule has 17 heavy (non-hydrogen) atoms. The monoisotopic (exact) mass is 231 g/mol. The second-order valence-electron chi connectivity index (χ2n) is 3.68. The third-order valence-electron chi connectivity index (χ3n) is 2.54. The number of rotatable bonds is 4. The van der Waals surface area contributed by atoms with Crippen molar-refractivity contribution in [3.63, 3.8) is 0 Å². The molecule has 88 valence electrons. The number of benzene rings is 1. The van der Waals surface area contributed by atoms with Gasteiger partial charge < -0.3 is 5.32 Å². The largest absolute Gasteiger partial charge is 0.306 e. The predicted octanol–water partition coefficient (Wildman–Crippen LogP) is 2.31. The number of hydrogen-bond donors (Lipinski definition) is 1. The van der Waals surface area contributed by atoms with Crippen molar-refractivity contribution >= 4 is 0 Å². The van der Waals surface area contributed by atoms with Crippen LogP contribution in [0.25, 0.3) is 0 Å². The van der Waals surface area contributed by atoms with Gasteiger partial charge in [0.1, 0.15) is 12.1 Å². The third-order valence-corrected chi connectivity index (χ3v) is 2.54. The van der Waals surface area contributed by atoms with E-state index in [-0.39, 0.29) is 11.9 Å². The summed E-state index contributed by atoms with van der Waals surface area (Å²) < 4.78 is 13.8. The van der Waals surface area contributed by atoms with Crippen molar-refractivity contribution in [1.29, 1.82) is 0 Å². The van der Waals surface area contributed by atoms with Crippen LogP contribution in [0.5, 0.6) is 0 Å². The molecule has 0 fully saturated rings. The Kier molecular flexibility index (Phi) is 3.77. The van der Waals surface area contributed by atoms with Crippen molar-refractivity contribution in [3.05, 3.63) is 59.9 Å². The molecule has 1 N–H and O–H groups in total. The molecule has 0 aliphatic rings. The first-order valence-corrected chi connectivity index (χ1v) is 5.55.